The molecule has 2 aromatic rings. The molecule has 1 aromatic heterocycles. The van der Waals surface area contributed by atoms with E-state index in [1.54, 1.807) is 11.3 Å². The summed E-state index contributed by atoms with van der Waals surface area (Å²) >= 11 is 1.74. The molecule has 1 unspecified atom stereocenters. The third-order valence-corrected chi connectivity index (χ3v) is 4.18. The molecule has 2 N–H and O–H groups in total. The fraction of sp³-hybridized carbons (Fsp3) is 0.267. The second-order valence-corrected chi connectivity index (χ2v) is 5.81. The fourth-order valence-electron chi connectivity index (χ4n) is 2.15. The molecule has 0 aliphatic carbocycles. The highest BCUT2D eigenvalue weighted by atomic mass is 32.1. The number of nitrogens with one attached hydrogen (secondary N) is 2. The van der Waals surface area contributed by atoms with E-state index in [0.29, 0.717) is 0 Å². The van der Waals surface area contributed by atoms with Crippen LogP contribution in [0, 0.1) is 0 Å². The van der Waals surface area contributed by atoms with Crippen molar-refractivity contribution in [2.24, 2.45) is 0 Å². The normalized spacial score (nSPS) is 15.2. The summed E-state index contributed by atoms with van der Waals surface area (Å²) in [5, 5.41) is 8.39. The zero-order valence-corrected chi connectivity index (χ0v) is 12.0. The van der Waals surface area contributed by atoms with E-state index in [2.05, 4.69) is 35.1 Å². The Kier molecular flexibility index (Phi) is 3.71. The number of hydrogen-bond donors (Lipinski definition) is 2. The summed E-state index contributed by atoms with van der Waals surface area (Å²) in [6.45, 7) is 3.05. The molecule has 0 fully saturated rings. The molecule has 5 heteroatoms. The molecule has 20 heavy (non-hydrogen) atoms. The van der Waals surface area contributed by atoms with Crippen molar-refractivity contribution in [2.75, 3.05) is 11.9 Å². The van der Waals surface area contributed by atoms with Crippen molar-refractivity contribution in [3.63, 3.8) is 0 Å². The van der Waals surface area contributed by atoms with Crippen molar-refractivity contribution >= 4 is 22.9 Å². The van der Waals surface area contributed by atoms with Crippen LogP contribution in [-0.2, 0) is 11.3 Å². The smallest absolute Gasteiger partial charge is 0.262 e. The highest BCUT2D eigenvalue weighted by Crippen LogP contribution is 2.30. The largest absolute Gasteiger partial charge is 0.482 e. The minimum atomic E-state index is -0.103. The average Bonchev–Trinajstić information content (AvgIpc) is 2.97. The zero-order chi connectivity index (χ0) is 13.9. The predicted octanol–water partition coefficient (Wildman–Crippen LogP) is 2.93. The molecule has 0 spiro atoms. The molecule has 1 aromatic carbocycles. The number of thiophene rings is 1. The summed E-state index contributed by atoms with van der Waals surface area (Å²) in [6.07, 6.45) is 0. The van der Waals surface area contributed by atoms with E-state index < -0.39 is 0 Å². The van der Waals surface area contributed by atoms with Crippen LogP contribution < -0.4 is 15.4 Å². The molecule has 3 rings (SSSR count). The maximum Gasteiger partial charge on any atom is 0.262 e. The van der Waals surface area contributed by atoms with Crippen LogP contribution in [0.25, 0.3) is 0 Å². The summed E-state index contributed by atoms with van der Waals surface area (Å²) < 4.78 is 5.36. The average molecular weight is 288 g/mol. The molecule has 1 aliphatic rings. The van der Waals surface area contributed by atoms with Crippen molar-refractivity contribution in [3.05, 3.63) is 46.2 Å². The monoisotopic (exact) mass is 288 g/mol. The quantitative estimate of drug-likeness (QED) is 0.909. The maximum absolute atomic E-state index is 11.3. The first-order chi connectivity index (χ1) is 9.72. The zero-order valence-electron chi connectivity index (χ0n) is 11.2. The van der Waals surface area contributed by atoms with Crippen molar-refractivity contribution in [2.45, 2.75) is 19.5 Å². The van der Waals surface area contributed by atoms with Gasteiger partial charge in [0.05, 0.1) is 5.69 Å². The molecule has 1 atom stereocenters. The lowest BCUT2D eigenvalue weighted by Crippen LogP contribution is -2.26. The first kappa shape index (κ1) is 13.1. The lowest BCUT2D eigenvalue weighted by molar-refractivity contribution is -0.118. The van der Waals surface area contributed by atoms with Gasteiger partial charge in [-0.15, -0.1) is 11.3 Å². The van der Waals surface area contributed by atoms with E-state index in [-0.39, 0.29) is 18.6 Å². The SMILES string of the molecule is CC(NCc1cccs1)c1ccc2c(c1)NC(=O)CO2. The number of carbonyl (C=O) groups excluding carboxylic acids is 1. The van der Waals surface area contributed by atoms with Gasteiger partial charge in [-0.1, -0.05) is 12.1 Å². The van der Waals surface area contributed by atoms with Gasteiger partial charge in [-0.25, -0.2) is 0 Å². The summed E-state index contributed by atoms with van der Waals surface area (Å²) in [5.74, 6) is 0.632. The third-order valence-electron chi connectivity index (χ3n) is 3.30. The van der Waals surface area contributed by atoms with Gasteiger partial charge in [0.2, 0.25) is 0 Å². The summed E-state index contributed by atoms with van der Waals surface area (Å²) in [5.41, 5.74) is 1.88. The van der Waals surface area contributed by atoms with Gasteiger partial charge in [0.25, 0.3) is 5.91 Å². The molecule has 0 saturated heterocycles. The second-order valence-electron chi connectivity index (χ2n) is 4.77. The molecule has 1 amide bonds. The molecule has 0 radical (unpaired) electrons. The lowest BCUT2D eigenvalue weighted by atomic mass is 10.1. The summed E-state index contributed by atoms with van der Waals surface area (Å²) in [7, 11) is 0. The van der Waals surface area contributed by atoms with Crippen molar-refractivity contribution in [1.82, 2.24) is 5.32 Å². The van der Waals surface area contributed by atoms with Gasteiger partial charge in [0.15, 0.2) is 6.61 Å². The molecule has 2 heterocycles. The van der Waals surface area contributed by atoms with Gasteiger partial charge in [-0.3, -0.25) is 4.79 Å². The van der Waals surface area contributed by atoms with Crippen LogP contribution in [0.4, 0.5) is 5.69 Å². The Balaban J connectivity index is 1.70. The van der Waals surface area contributed by atoms with E-state index in [0.717, 1.165) is 23.5 Å². The number of carbonyl (C=O) groups is 1. The van der Waals surface area contributed by atoms with Crippen LogP contribution in [0.15, 0.2) is 35.7 Å². The molecule has 1 aliphatic heterocycles. The highest BCUT2D eigenvalue weighted by molar-refractivity contribution is 7.09. The summed E-state index contributed by atoms with van der Waals surface area (Å²) in [6, 6.07) is 10.3. The first-order valence-electron chi connectivity index (χ1n) is 6.55. The molecule has 0 bridgehead atoms. The number of ether oxygens (including phenoxy) is 1. The Labute approximate surface area is 121 Å². The molecular weight excluding hydrogens is 272 g/mol. The molecule has 4 nitrogen and oxygen atoms in total. The van der Waals surface area contributed by atoms with Crippen LogP contribution >= 0.6 is 11.3 Å². The molecule has 0 saturated carbocycles. The Morgan fingerprint density at radius 3 is 3.15 bits per heavy atom. The highest BCUT2D eigenvalue weighted by Gasteiger charge is 2.17. The van der Waals surface area contributed by atoms with Gasteiger partial charge in [0.1, 0.15) is 5.75 Å². The fourth-order valence-corrected chi connectivity index (χ4v) is 2.81. The predicted molar refractivity (Wildman–Crippen MR) is 80.1 cm³/mol. The van der Waals surface area contributed by atoms with Gasteiger partial charge in [-0.2, -0.15) is 0 Å². The number of fused-ring (bicyclic) bond motifs is 1. The minimum absolute atomic E-state index is 0.0958. The van der Waals surface area contributed by atoms with E-state index in [1.165, 1.54) is 4.88 Å². The number of benzene rings is 1. The Hall–Kier alpha value is -1.85. The van der Waals surface area contributed by atoms with E-state index in [9.17, 15) is 4.79 Å². The van der Waals surface area contributed by atoms with Gasteiger partial charge in [-0.05, 0) is 36.1 Å². The third kappa shape index (κ3) is 2.84. The standard InChI is InChI=1S/C15H16N2O2S/c1-10(16-8-12-3-2-6-20-12)11-4-5-14-13(7-11)17-15(18)9-19-14/h2-7,10,16H,8-9H2,1H3,(H,17,18). The lowest BCUT2D eigenvalue weighted by Gasteiger charge is -2.20. The van der Waals surface area contributed by atoms with Crippen molar-refractivity contribution in [3.8, 4) is 5.75 Å². The number of anilines is 1. The number of amides is 1. The first-order valence-corrected chi connectivity index (χ1v) is 7.43. The van der Waals surface area contributed by atoms with Gasteiger partial charge >= 0.3 is 0 Å². The summed E-state index contributed by atoms with van der Waals surface area (Å²) in [4.78, 5) is 12.6. The van der Waals surface area contributed by atoms with E-state index in [4.69, 9.17) is 4.74 Å². The minimum Gasteiger partial charge on any atom is -0.482 e. The van der Waals surface area contributed by atoms with E-state index in [1.807, 2.05) is 18.2 Å². The van der Waals surface area contributed by atoms with Crippen molar-refractivity contribution < 1.29 is 9.53 Å². The van der Waals surface area contributed by atoms with E-state index >= 15 is 0 Å². The number of hydrogen-bond acceptors (Lipinski definition) is 4. The van der Waals surface area contributed by atoms with Crippen LogP contribution in [0.1, 0.15) is 23.4 Å². The Bertz CT molecular complexity index is 610. The topological polar surface area (TPSA) is 50.4 Å². The Morgan fingerprint density at radius 1 is 1.45 bits per heavy atom. The molecular formula is C15H16N2O2S. The maximum atomic E-state index is 11.3. The van der Waals surface area contributed by atoms with Gasteiger partial charge < -0.3 is 15.4 Å². The van der Waals surface area contributed by atoms with Crippen LogP contribution in [0.2, 0.25) is 0 Å². The van der Waals surface area contributed by atoms with Crippen LogP contribution in [0.5, 0.6) is 5.75 Å². The molecule has 104 valence electrons. The van der Waals surface area contributed by atoms with Crippen molar-refractivity contribution in [1.29, 1.82) is 0 Å². The second kappa shape index (κ2) is 5.64. The Morgan fingerprint density at radius 2 is 2.35 bits per heavy atom. The van der Waals surface area contributed by atoms with Crippen LogP contribution in [-0.4, -0.2) is 12.5 Å². The van der Waals surface area contributed by atoms with Crippen LogP contribution in [0.3, 0.4) is 0 Å². The number of rotatable bonds is 4. The van der Waals surface area contributed by atoms with Gasteiger partial charge in [0, 0.05) is 17.5 Å².